The van der Waals surface area contributed by atoms with E-state index in [9.17, 15) is 4.79 Å². The van der Waals surface area contributed by atoms with E-state index in [2.05, 4.69) is 22.0 Å². The van der Waals surface area contributed by atoms with Crippen LogP contribution in [0.5, 0.6) is 5.75 Å². The van der Waals surface area contributed by atoms with E-state index in [1.54, 1.807) is 30.3 Å². The fourth-order valence-electron chi connectivity index (χ4n) is 3.77. The summed E-state index contributed by atoms with van der Waals surface area (Å²) in [4.78, 5) is 20.0. The first-order valence-corrected chi connectivity index (χ1v) is 10.8. The molecule has 0 radical (unpaired) electrons. The summed E-state index contributed by atoms with van der Waals surface area (Å²) in [6.45, 7) is 4.64. The van der Waals surface area contributed by atoms with Gasteiger partial charge in [-0.1, -0.05) is 17.7 Å². The molecular formula is C25H25ClN2O2. The van der Waals surface area contributed by atoms with Crippen LogP contribution in [-0.4, -0.2) is 30.5 Å². The Morgan fingerprint density at radius 2 is 1.73 bits per heavy atom. The van der Waals surface area contributed by atoms with Gasteiger partial charge in [0.05, 0.1) is 11.6 Å². The molecule has 1 aliphatic rings. The number of benzene rings is 2. The lowest BCUT2D eigenvalue weighted by molar-refractivity contribution is 0.103. The Balaban J connectivity index is 1.57. The van der Waals surface area contributed by atoms with Crippen molar-refractivity contribution in [2.75, 3.05) is 24.6 Å². The van der Waals surface area contributed by atoms with Crippen molar-refractivity contribution in [1.82, 2.24) is 4.98 Å². The number of piperidine rings is 1. The molecule has 2 aromatic carbocycles. The number of rotatable bonds is 6. The number of halogens is 1. The monoisotopic (exact) mass is 420 g/mol. The Kier molecular flexibility index (Phi) is 6.34. The first kappa shape index (κ1) is 20.4. The Bertz CT molecular complexity index is 1010. The molecule has 154 valence electrons. The SMILES string of the molecule is CCOc1ccc(C(=O)c2cc(-c3ccc(N4CCCCC4)nc3)ccc2Cl)cc1. The topological polar surface area (TPSA) is 42.4 Å². The molecule has 1 aliphatic heterocycles. The number of nitrogens with zero attached hydrogens (tertiary/aromatic N) is 2. The maximum absolute atomic E-state index is 13.0. The first-order chi connectivity index (χ1) is 14.7. The Morgan fingerprint density at radius 3 is 2.40 bits per heavy atom. The molecule has 1 aromatic heterocycles. The predicted octanol–water partition coefficient (Wildman–Crippen LogP) is 6.02. The van der Waals surface area contributed by atoms with E-state index in [1.807, 2.05) is 25.3 Å². The van der Waals surface area contributed by atoms with Crippen molar-refractivity contribution >= 4 is 23.2 Å². The Hall–Kier alpha value is -2.85. The molecule has 1 fully saturated rings. The molecule has 0 atom stereocenters. The Labute approximate surface area is 182 Å². The molecule has 0 spiro atoms. The van der Waals surface area contributed by atoms with Crippen LogP contribution in [0.2, 0.25) is 5.02 Å². The molecule has 1 saturated heterocycles. The minimum absolute atomic E-state index is 0.109. The van der Waals surface area contributed by atoms with Crippen molar-refractivity contribution in [3.8, 4) is 16.9 Å². The summed E-state index contributed by atoms with van der Waals surface area (Å²) in [6.07, 6.45) is 5.61. The molecule has 0 saturated carbocycles. The highest BCUT2D eigenvalue weighted by molar-refractivity contribution is 6.35. The van der Waals surface area contributed by atoms with E-state index in [0.29, 0.717) is 22.8 Å². The third kappa shape index (κ3) is 4.49. The quantitative estimate of drug-likeness (QED) is 0.457. The number of ketones is 1. The zero-order valence-corrected chi connectivity index (χ0v) is 17.9. The van der Waals surface area contributed by atoms with Crippen LogP contribution in [-0.2, 0) is 0 Å². The third-order valence-electron chi connectivity index (χ3n) is 5.40. The third-order valence-corrected chi connectivity index (χ3v) is 5.73. The maximum Gasteiger partial charge on any atom is 0.194 e. The van der Waals surface area contributed by atoms with Crippen molar-refractivity contribution < 1.29 is 9.53 Å². The summed E-state index contributed by atoms with van der Waals surface area (Å²) in [7, 11) is 0. The zero-order chi connectivity index (χ0) is 20.9. The molecule has 0 amide bonds. The lowest BCUT2D eigenvalue weighted by atomic mass is 9.98. The fourth-order valence-corrected chi connectivity index (χ4v) is 3.97. The molecular weight excluding hydrogens is 396 g/mol. The molecule has 30 heavy (non-hydrogen) atoms. The summed E-state index contributed by atoms with van der Waals surface area (Å²) in [6, 6.07) is 16.8. The summed E-state index contributed by atoms with van der Waals surface area (Å²) in [5.41, 5.74) is 2.95. The summed E-state index contributed by atoms with van der Waals surface area (Å²) >= 11 is 6.37. The maximum atomic E-state index is 13.0. The average molecular weight is 421 g/mol. The molecule has 0 aliphatic carbocycles. The van der Waals surface area contributed by atoms with Crippen molar-refractivity contribution in [1.29, 1.82) is 0 Å². The van der Waals surface area contributed by atoms with Crippen LogP contribution in [0.4, 0.5) is 5.82 Å². The lowest BCUT2D eigenvalue weighted by Gasteiger charge is -2.27. The second-order valence-corrected chi connectivity index (χ2v) is 7.84. The van der Waals surface area contributed by atoms with Crippen LogP contribution in [0.15, 0.2) is 60.8 Å². The van der Waals surface area contributed by atoms with Gasteiger partial charge in [-0.3, -0.25) is 4.79 Å². The van der Waals surface area contributed by atoms with Crippen LogP contribution in [0.1, 0.15) is 42.1 Å². The van der Waals surface area contributed by atoms with Crippen LogP contribution in [0.3, 0.4) is 0 Å². The van der Waals surface area contributed by atoms with E-state index in [1.165, 1.54) is 19.3 Å². The number of anilines is 1. The standard InChI is InChI=1S/C25H25ClN2O2/c1-2-30-21-10-6-18(7-11-21)25(29)22-16-19(8-12-23(22)26)20-9-13-24(27-17-20)28-14-4-3-5-15-28/h6-13,16-17H,2-5,14-15H2,1H3. The van der Waals surface area contributed by atoms with Crippen LogP contribution in [0, 0.1) is 0 Å². The molecule has 5 heteroatoms. The van der Waals surface area contributed by atoms with Gasteiger partial charge in [0.25, 0.3) is 0 Å². The van der Waals surface area contributed by atoms with E-state index in [4.69, 9.17) is 16.3 Å². The molecule has 4 nitrogen and oxygen atoms in total. The summed E-state index contributed by atoms with van der Waals surface area (Å²) < 4.78 is 5.45. The van der Waals surface area contributed by atoms with Crippen LogP contribution in [0.25, 0.3) is 11.1 Å². The Morgan fingerprint density at radius 1 is 1.00 bits per heavy atom. The van der Waals surface area contributed by atoms with Gasteiger partial charge >= 0.3 is 0 Å². The number of hydrogen-bond donors (Lipinski definition) is 0. The van der Waals surface area contributed by atoms with Gasteiger partial charge in [0, 0.05) is 36.0 Å². The van der Waals surface area contributed by atoms with Gasteiger partial charge in [0.1, 0.15) is 11.6 Å². The minimum Gasteiger partial charge on any atom is -0.494 e. The largest absolute Gasteiger partial charge is 0.494 e. The molecule has 3 aromatic rings. The molecule has 2 heterocycles. The highest BCUT2D eigenvalue weighted by atomic mass is 35.5. The minimum atomic E-state index is -0.109. The van der Waals surface area contributed by atoms with E-state index in [-0.39, 0.29) is 5.78 Å². The van der Waals surface area contributed by atoms with Gasteiger partial charge in [-0.25, -0.2) is 4.98 Å². The van der Waals surface area contributed by atoms with Gasteiger partial charge < -0.3 is 9.64 Å². The van der Waals surface area contributed by atoms with E-state index < -0.39 is 0 Å². The number of carbonyl (C=O) groups is 1. The van der Waals surface area contributed by atoms with Crippen LogP contribution >= 0.6 is 11.6 Å². The van der Waals surface area contributed by atoms with Crippen LogP contribution < -0.4 is 9.64 Å². The summed E-state index contributed by atoms with van der Waals surface area (Å²) in [5.74, 6) is 1.65. The van der Waals surface area contributed by atoms with Crippen molar-refractivity contribution in [2.45, 2.75) is 26.2 Å². The first-order valence-electron chi connectivity index (χ1n) is 10.4. The van der Waals surface area contributed by atoms with Gasteiger partial charge in [-0.2, -0.15) is 0 Å². The summed E-state index contributed by atoms with van der Waals surface area (Å²) in [5, 5.41) is 0.440. The molecule has 0 N–H and O–H groups in total. The predicted molar refractivity (Wildman–Crippen MR) is 122 cm³/mol. The fraction of sp³-hybridized carbons (Fsp3) is 0.280. The van der Waals surface area contributed by atoms with Gasteiger partial charge in [0.2, 0.25) is 0 Å². The molecule has 4 rings (SSSR count). The normalized spacial score (nSPS) is 13.9. The zero-order valence-electron chi connectivity index (χ0n) is 17.1. The van der Waals surface area contributed by atoms with Crippen molar-refractivity contribution in [2.24, 2.45) is 0 Å². The van der Waals surface area contributed by atoms with Crippen molar-refractivity contribution in [3.63, 3.8) is 0 Å². The number of ether oxygens (including phenoxy) is 1. The van der Waals surface area contributed by atoms with Gasteiger partial charge in [-0.05, 0) is 80.3 Å². The number of hydrogen-bond acceptors (Lipinski definition) is 4. The second-order valence-electron chi connectivity index (χ2n) is 7.43. The second kappa shape index (κ2) is 9.31. The van der Waals surface area contributed by atoms with Gasteiger partial charge in [0.15, 0.2) is 5.78 Å². The van der Waals surface area contributed by atoms with Crippen molar-refractivity contribution in [3.05, 3.63) is 76.9 Å². The number of pyridine rings is 1. The van der Waals surface area contributed by atoms with E-state index in [0.717, 1.165) is 35.8 Å². The highest BCUT2D eigenvalue weighted by Gasteiger charge is 2.16. The lowest BCUT2D eigenvalue weighted by Crippen LogP contribution is -2.29. The highest BCUT2D eigenvalue weighted by Crippen LogP contribution is 2.28. The van der Waals surface area contributed by atoms with E-state index >= 15 is 0 Å². The van der Waals surface area contributed by atoms with Gasteiger partial charge in [-0.15, -0.1) is 0 Å². The molecule has 0 unspecified atom stereocenters. The number of aromatic nitrogens is 1. The smallest absolute Gasteiger partial charge is 0.194 e. The molecule has 0 bridgehead atoms. The number of carbonyl (C=O) groups excluding carboxylic acids is 1. The average Bonchev–Trinajstić information content (AvgIpc) is 2.80.